The van der Waals surface area contributed by atoms with Crippen LogP contribution in [0, 0.1) is 0 Å². The molecule has 1 unspecified atom stereocenters. The molecule has 192 valence electrons. The van der Waals surface area contributed by atoms with Crippen LogP contribution >= 0.6 is 0 Å². The molecule has 6 heterocycles. The second kappa shape index (κ2) is 8.57. The minimum absolute atomic E-state index is 0.161. The molecule has 6 aromatic rings. The van der Waals surface area contributed by atoms with Gasteiger partial charge in [0.1, 0.15) is 11.3 Å². The molecule has 0 spiro atoms. The summed E-state index contributed by atoms with van der Waals surface area (Å²) in [5.41, 5.74) is 13.1. The highest BCUT2D eigenvalue weighted by Crippen LogP contribution is 2.38. The van der Waals surface area contributed by atoms with Gasteiger partial charge in [0.2, 0.25) is 0 Å². The van der Waals surface area contributed by atoms with Crippen molar-refractivity contribution in [3.63, 3.8) is 0 Å². The van der Waals surface area contributed by atoms with Gasteiger partial charge in [-0.25, -0.2) is 24.3 Å². The van der Waals surface area contributed by atoms with Crippen LogP contribution in [0.2, 0.25) is 0 Å². The Hall–Kier alpha value is -4.90. The highest BCUT2D eigenvalue weighted by atomic mass is 16.5. The van der Waals surface area contributed by atoms with Crippen molar-refractivity contribution in [2.24, 2.45) is 0 Å². The van der Waals surface area contributed by atoms with Gasteiger partial charge in [0.15, 0.2) is 17.3 Å². The van der Waals surface area contributed by atoms with Gasteiger partial charge in [-0.2, -0.15) is 5.10 Å². The van der Waals surface area contributed by atoms with Crippen LogP contribution in [0.1, 0.15) is 35.2 Å². The van der Waals surface area contributed by atoms with Crippen molar-refractivity contribution in [2.75, 3.05) is 18.9 Å². The summed E-state index contributed by atoms with van der Waals surface area (Å²) in [4.78, 5) is 14.2. The zero-order chi connectivity index (χ0) is 25.9. The highest BCUT2D eigenvalue weighted by molar-refractivity contribution is 5.83. The first kappa shape index (κ1) is 22.1. The van der Waals surface area contributed by atoms with E-state index in [4.69, 9.17) is 20.4 Å². The summed E-state index contributed by atoms with van der Waals surface area (Å²) in [6.07, 6.45) is 9.28. The molecule has 11 nitrogen and oxygen atoms in total. The second-order valence-electron chi connectivity index (χ2n) is 9.97. The third-order valence-corrected chi connectivity index (χ3v) is 7.64. The third-order valence-electron chi connectivity index (χ3n) is 7.64. The molecule has 8 rings (SSSR count). The number of benzene rings is 1. The van der Waals surface area contributed by atoms with E-state index in [1.54, 1.807) is 17.1 Å². The van der Waals surface area contributed by atoms with Gasteiger partial charge < -0.3 is 10.5 Å². The van der Waals surface area contributed by atoms with E-state index < -0.39 is 0 Å². The lowest BCUT2D eigenvalue weighted by atomic mass is 10.0. The molecular weight excluding hydrogens is 492 g/mol. The number of rotatable bonds is 5. The van der Waals surface area contributed by atoms with Crippen molar-refractivity contribution in [3.05, 3.63) is 90.1 Å². The average Bonchev–Trinajstić information content (AvgIpc) is 3.73. The Kier molecular flexibility index (Phi) is 4.86. The van der Waals surface area contributed by atoms with E-state index in [0.29, 0.717) is 23.4 Å². The molecule has 0 saturated carbocycles. The molecule has 0 amide bonds. The molecular formula is C28H24N10O. The Labute approximate surface area is 222 Å². The molecule has 0 bridgehead atoms. The number of nitrogens with two attached hydrogens (primary N) is 1. The van der Waals surface area contributed by atoms with Crippen LogP contribution in [-0.2, 0) is 11.2 Å². The van der Waals surface area contributed by atoms with E-state index >= 15 is 0 Å². The molecule has 11 heteroatoms. The van der Waals surface area contributed by atoms with Crippen molar-refractivity contribution in [2.45, 2.75) is 24.8 Å². The van der Waals surface area contributed by atoms with Crippen LogP contribution in [-0.4, -0.2) is 57.5 Å². The maximum atomic E-state index is 6.32. The predicted octanol–water partition coefficient (Wildman–Crippen LogP) is 3.49. The normalized spacial score (nSPS) is 17.0. The molecule has 0 radical (unpaired) electrons. The molecule has 1 aliphatic carbocycles. The molecule has 1 atom stereocenters. The van der Waals surface area contributed by atoms with Crippen molar-refractivity contribution in [1.82, 2.24) is 44.3 Å². The van der Waals surface area contributed by atoms with Crippen LogP contribution in [0.3, 0.4) is 0 Å². The van der Waals surface area contributed by atoms with Gasteiger partial charge in [-0.3, -0.25) is 4.57 Å². The summed E-state index contributed by atoms with van der Waals surface area (Å²) < 4.78 is 11.1. The van der Waals surface area contributed by atoms with Crippen molar-refractivity contribution < 1.29 is 4.74 Å². The Morgan fingerprint density at radius 3 is 2.77 bits per heavy atom. The maximum absolute atomic E-state index is 6.32. The fourth-order valence-electron chi connectivity index (χ4n) is 5.54. The fraction of sp³-hybridized carbons (Fsp3) is 0.214. The summed E-state index contributed by atoms with van der Waals surface area (Å²) in [5.74, 6) is 2.17. The quantitative estimate of drug-likeness (QED) is 0.369. The van der Waals surface area contributed by atoms with Crippen molar-refractivity contribution in [1.29, 1.82) is 0 Å². The van der Waals surface area contributed by atoms with Crippen LogP contribution in [0.25, 0.3) is 34.1 Å². The van der Waals surface area contributed by atoms with E-state index in [9.17, 15) is 0 Å². The lowest BCUT2D eigenvalue weighted by Crippen LogP contribution is -2.25. The standard InChI is InChI=1S/C28H24N10O/c29-26-21(3-1-10-30-26)27-32-22-7-9-25(36-12-2-11-31-36)33-28(22)38(27)19-5-6-20-17(13-19)4-8-24(20)37-14-23(34-35-37)18-15-39-16-18/h1-3,5-7,9-14,18,24H,4,8,15-16H2,(H2,29,30). The topological polar surface area (TPSA) is 127 Å². The molecule has 1 aliphatic heterocycles. The summed E-state index contributed by atoms with van der Waals surface area (Å²) in [7, 11) is 0. The average molecular weight is 517 g/mol. The van der Waals surface area contributed by atoms with E-state index in [1.807, 2.05) is 41.2 Å². The summed E-state index contributed by atoms with van der Waals surface area (Å²) in [6, 6.07) is 16.3. The van der Waals surface area contributed by atoms with Gasteiger partial charge in [-0.1, -0.05) is 11.3 Å². The Balaban J connectivity index is 1.25. The summed E-state index contributed by atoms with van der Waals surface area (Å²) >= 11 is 0. The zero-order valence-electron chi connectivity index (χ0n) is 20.9. The molecule has 5 aromatic heterocycles. The lowest BCUT2D eigenvalue weighted by molar-refractivity contribution is 0.00666. The molecule has 1 fully saturated rings. The van der Waals surface area contributed by atoms with Crippen LogP contribution in [0.15, 0.2) is 73.3 Å². The minimum atomic E-state index is 0.161. The minimum Gasteiger partial charge on any atom is -0.383 e. The van der Waals surface area contributed by atoms with Crippen LogP contribution in [0.4, 0.5) is 5.82 Å². The van der Waals surface area contributed by atoms with Crippen molar-refractivity contribution >= 4 is 17.0 Å². The number of ether oxygens (including phenoxy) is 1. The highest BCUT2D eigenvalue weighted by Gasteiger charge is 2.29. The number of hydrogen-bond acceptors (Lipinski definition) is 8. The number of imidazole rings is 1. The largest absolute Gasteiger partial charge is 0.383 e. The van der Waals surface area contributed by atoms with Gasteiger partial charge in [0.05, 0.1) is 36.4 Å². The number of aromatic nitrogens is 9. The van der Waals surface area contributed by atoms with Crippen LogP contribution < -0.4 is 5.73 Å². The first-order chi connectivity index (χ1) is 19.2. The number of fused-ring (bicyclic) bond motifs is 2. The van der Waals surface area contributed by atoms with Gasteiger partial charge in [-0.15, -0.1) is 5.10 Å². The number of aryl methyl sites for hydroxylation is 1. The van der Waals surface area contributed by atoms with E-state index in [-0.39, 0.29) is 6.04 Å². The molecule has 2 N–H and O–H groups in total. The first-order valence-corrected chi connectivity index (χ1v) is 13.0. The molecule has 39 heavy (non-hydrogen) atoms. The fourth-order valence-corrected chi connectivity index (χ4v) is 5.54. The summed E-state index contributed by atoms with van der Waals surface area (Å²) in [5, 5.41) is 13.2. The number of pyridine rings is 2. The number of anilines is 1. The molecule has 1 saturated heterocycles. The molecule has 2 aliphatic rings. The Morgan fingerprint density at radius 2 is 1.95 bits per heavy atom. The maximum Gasteiger partial charge on any atom is 0.167 e. The zero-order valence-corrected chi connectivity index (χ0v) is 20.9. The van der Waals surface area contributed by atoms with Crippen molar-refractivity contribution in [3.8, 4) is 22.9 Å². The van der Waals surface area contributed by atoms with Crippen LogP contribution in [0.5, 0.6) is 0 Å². The molecule has 1 aromatic carbocycles. The van der Waals surface area contributed by atoms with Gasteiger partial charge in [-0.05, 0) is 66.4 Å². The Bertz CT molecular complexity index is 1830. The third kappa shape index (κ3) is 3.54. The number of nitrogens with zero attached hydrogens (tertiary/aromatic N) is 9. The van der Waals surface area contributed by atoms with E-state index in [0.717, 1.165) is 54.2 Å². The second-order valence-corrected chi connectivity index (χ2v) is 9.97. The van der Waals surface area contributed by atoms with E-state index in [2.05, 4.69) is 49.4 Å². The summed E-state index contributed by atoms with van der Waals surface area (Å²) in [6.45, 7) is 1.45. The Morgan fingerprint density at radius 1 is 1.00 bits per heavy atom. The van der Waals surface area contributed by atoms with Gasteiger partial charge in [0.25, 0.3) is 0 Å². The number of hydrogen-bond donors (Lipinski definition) is 1. The van der Waals surface area contributed by atoms with Gasteiger partial charge in [0, 0.05) is 30.5 Å². The smallest absolute Gasteiger partial charge is 0.167 e. The SMILES string of the molecule is Nc1ncccc1-c1nc2ccc(-n3cccn3)nc2n1-c1ccc2c(c1)CCC2n1cc(C2COC2)nn1. The predicted molar refractivity (Wildman–Crippen MR) is 144 cm³/mol. The first-order valence-electron chi connectivity index (χ1n) is 13.0. The van der Waals surface area contributed by atoms with Gasteiger partial charge >= 0.3 is 0 Å². The number of nitrogen functional groups attached to an aromatic ring is 1. The lowest BCUT2D eigenvalue weighted by Gasteiger charge is -2.23. The monoisotopic (exact) mass is 516 g/mol. The van der Waals surface area contributed by atoms with E-state index in [1.165, 1.54) is 11.1 Å².